The molecule has 0 amide bonds. The number of carbonyl (C=O) groups is 1. The van der Waals surface area contributed by atoms with Crippen molar-refractivity contribution < 1.29 is 33.3 Å². The molecular formula is C12H15NO7S. The van der Waals surface area contributed by atoms with Gasteiger partial charge in [0.2, 0.25) is 10.0 Å². The number of rotatable bonds is 4. The van der Waals surface area contributed by atoms with Crippen molar-refractivity contribution in [2.45, 2.75) is 10.9 Å². The van der Waals surface area contributed by atoms with E-state index >= 15 is 0 Å². The summed E-state index contributed by atoms with van der Waals surface area (Å²) in [5.41, 5.74) is -0.495. The summed E-state index contributed by atoms with van der Waals surface area (Å²) >= 11 is 0. The Morgan fingerprint density at radius 2 is 2.14 bits per heavy atom. The highest BCUT2D eigenvalue weighted by atomic mass is 32.2. The van der Waals surface area contributed by atoms with Crippen molar-refractivity contribution in [1.29, 1.82) is 0 Å². The molecule has 0 bridgehead atoms. The Bertz CT molecular complexity index is 643. The maximum Gasteiger partial charge on any atom is 0.339 e. The minimum atomic E-state index is -3.98. The molecule has 21 heavy (non-hydrogen) atoms. The van der Waals surface area contributed by atoms with E-state index in [1.807, 2.05) is 0 Å². The summed E-state index contributed by atoms with van der Waals surface area (Å²) in [6.07, 6.45) is 0. The minimum Gasteiger partial charge on any atom is -0.507 e. The van der Waals surface area contributed by atoms with E-state index in [0.717, 1.165) is 22.5 Å². The van der Waals surface area contributed by atoms with Crippen LogP contribution in [-0.2, 0) is 14.8 Å². The molecule has 1 saturated heterocycles. The van der Waals surface area contributed by atoms with Crippen molar-refractivity contribution in [2.24, 2.45) is 0 Å². The number of carboxylic acid groups (broad SMARTS) is 1. The molecule has 0 saturated carbocycles. The number of aliphatic hydroxyl groups is 1. The molecule has 116 valence electrons. The van der Waals surface area contributed by atoms with Gasteiger partial charge in [-0.05, 0) is 18.2 Å². The van der Waals surface area contributed by atoms with Crippen LogP contribution in [0.1, 0.15) is 10.4 Å². The molecule has 2 rings (SSSR count). The van der Waals surface area contributed by atoms with E-state index in [9.17, 15) is 23.4 Å². The third kappa shape index (κ3) is 3.00. The summed E-state index contributed by atoms with van der Waals surface area (Å²) in [4.78, 5) is 10.7. The molecule has 1 unspecified atom stereocenters. The Hall–Kier alpha value is -1.68. The number of carboxylic acids is 1. The van der Waals surface area contributed by atoms with E-state index in [2.05, 4.69) is 0 Å². The van der Waals surface area contributed by atoms with Crippen LogP contribution in [0.5, 0.6) is 5.75 Å². The van der Waals surface area contributed by atoms with Crippen molar-refractivity contribution in [3.05, 3.63) is 23.8 Å². The molecule has 9 heteroatoms. The Morgan fingerprint density at radius 3 is 2.76 bits per heavy atom. The smallest absolute Gasteiger partial charge is 0.339 e. The van der Waals surface area contributed by atoms with Crippen molar-refractivity contribution in [3.63, 3.8) is 0 Å². The fourth-order valence-electron chi connectivity index (χ4n) is 2.08. The number of hydrogen-bond acceptors (Lipinski definition) is 6. The van der Waals surface area contributed by atoms with Crippen LogP contribution in [0.2, 0.25) is 0 Å². The average Bonchev–Trinajstić information content (AvgIpc) is 2.47. The summed E-state index contributed by atoms with van der Waals surface area (Å²) in [5, 5.41) is 27.6. The van der Waals surface area contributed by atoms with Crippen molar-refractivity contribution in [3.8, 4) is 5.75 Å². The van der Waals surface area contributed by atoms with Crippen LogP contribution in [0.4, 0.5) is 0 Å². The lowest BCUT2D eigenvalue weighted by atomic mass is 10.2. The molecule has 0 aliphatic carbocycles. The first-order valence-corrected chi connectivity index (χ1v) is 7.58. The second kappa shape index (κ2) is 5.98. The third-order valence-corrected chi connectivity index (χ3v) is 5.14. The molecule has 1 atom stereocenters. The highest BCUT2D eigenvalue weighted by Crippen LogP contribution is 2.25. The number of aromatic carboxylic acids is 1. The van der Waals surface area contributed by atoms with Crippen molar-refractivity contribution >= 4 is 16.0 Å². The van der Waals surface area contributed by atoms with Crippen LogP contribution in [0.25, 0.3) is 0 Å². The van der Waals surface area contributed by atoms with E-state index in [4.69, 9.17) is 9.84 Å². The Labute approximate surface area is 121 Å². The zero-order valence-corrected chi connectivity index (χ0v) is 11.8. The maximum atomic E-state index is 12.5. The van der Waals surface area contributed by atoms with E-state index in [1.165, 1.54) is 0 Å². The van der Waals surface area contributed by atoms with E-state index in [0.29, 0.717) is 0 Å². The lowest BCUT2D eigenvalue weighted by molar-refractivity contribution is 0.0109. The van der Waals surface area contributed by atoms with Gasteiger partial charge in [-0.25, -0.2) is 13.2 Å². The van der Waals surface area contributed by atoms with Gasteiger partial charge in [0.25, 0.3) is 0 Å². The van der Waals surface area contributed by atoms with Crippen LogP contribution in [0.3, 0.4) is 0 Å². The zero-order chi connectivity index (χ0) is 15.6. The third-order valence-electron chi connectivity index (χ3n) is 3.19. The Kier molecular flexibility index (Phi) is 4.47. The van der Waals surface area contributed by atoms with E-state index in [1.54, 1.807) is 0 Å². The number of phenols is 1. The second-order valence-electron chi connectivity index (χ2n) is 4.51. The van der Waals surface area contributed by atoms with Gasteiger partial charge in [-0.1, -0.05) is 0 Å². The lowest BCUT2D eigenvalue weighted by Crippen LogP contribution is -2.50. The number of aliphatic hydroxyl groups excluding tert-OH is 1. The largest absolute Gasteiger partial charge is 0.507 e. The number of ether oxygens (including phenoxy) is 1. The number of benzene rings is 1. The first kappa shape index (κ1) is 15.7. The summed E-state index contributed by atoms with van der Waals surface area (Å²) in [5.74, 6) is -1.94. The normalized spacial score (nSPS) is 20.3. The number of hydrogen-bond donors (Lipinski definition) is 3. The van der Waals surface area contributed by atoms with Gasteiger partial charge in [0, 0.05) is 6.54 Å². The van der Waals surface area contributed by atoms with Gasteiger partial charge in [0.05, 0.1) is 30.8 Å². The van der Waals surface area contributed by atoms with E-state index < -0.39 is 40.0 Å². The van der Waals surface area contributed by atoms with Crippen molar-refractivity contribution in [1.82, 2.24) is 4.31 Å². The number of nitrogens with zero attached hydrogens (tertiary/aromatic N) is 1. The fourth-order valence-corrected chi connectivity index (χ4v) is 3.69. The average molecular weight is 317 g/mol. The molecule has 1 aliphatic rings. The molecule has 1 aromatic rings. The predicted molar refractivity (Wildman–Crippen MR) is 70.7 cm³/mol. The van der Waals surface area contributed by atoms with Crippen LogP contribution >= 0.6 is 0 Å². The highest BCUT2D eigenvalue weighted by molar-refractivity contribution is 7.89. The maximum absolute atomic E-state index is 12.5. The second-order valence-corrected chi connectivity index (χ2v) is 6.40. The van der Waals surface area contributed by atoms with Crippen LogP contribution in [0, 0.1) is 0 Å². The van der Waals surface area contributed by atoms with E-state index in [-0.39, 0.29) is 24.7 Å². The molecular weight excluding hydrogens is 302 g/mol. The van der Waals surface area contributed by atoms with Gasteiger partial charge in [-0.15, -0.1) is 0 Å². The summed E-state index contributed by atoms with van der Waals surface area (Å²) in [6, 6.07) is 2.33. The lowest BCUT2D eigenvalue weighted by Gasteiger charge is -2.33. The number of sulfonamides is 1. The number of morpholine rings is 1. The van der Waals surface area contributed by atoms with Gasteiger partial charge < -0.3 is 20.1 Å². The molecule has 0 spiro atoms. The Morgan fingerprint density at radius 1 is 1.43 bits per heavy atom. The van der Waals surface area contributed by atoms with Gasteiger partial charge >= 0.3 is 5.97 Å². The topological polar surface area (TPSA) is 124 Å². The quantitative estimate of drug-likeness (QED) is 0.682. The first-order valence-electron chi connectivity index (χ1n) is 6.14. The highest BCUT2D eigenvalue weighted by Gasteiger charge is 2.34. The Balaban J connectivity index is 2.43. The summed E-state index contributed by atoms with van der Waals surface area (Å²) in [6.45, 7) is -0.0703. The zero-order valence-electron chi connectivity index (χ0n) is 11.0. The van der Waals surface area contributed by atoms with Gasteiger partial charge in [-0.2, -0.15) is 4.31 Å². The van der Waals surface area contributed by atoms with Gasteiger partial charge in [0.1, 0.15) is 11.3 Å². The molecule has 1 fully saturated rings. The SMILES string of the molecule is O=C(O)c1cc(S(=O)(=O)N2CCOCC2CO)ccc1O. The monoisotopic (exact) mass is 317 g/mol. The fraction of sp³-hybridized carbons (Fsp3) is 0.417. The van der Waals surface area contributed by atoms with Crippen LogP contribution < -0.4 is 0 Å². The first-order chi connectivity index (χ1) is 9.87. The molecule has 0 radical (unpaired) electrons. The molecule has 3 N–H and O–H groups in total. The molecule has 0 aromatic heterocycles. The summed E-state index contributed by atoms with van der Waals surface area (Å²) in [7, 11) is -3.98. The molecule has 1 aromatic carbocycles. The molecule has 1 heterocycles. The minimum absolute atomic E-state index is 0.0663. The standard InChI is InChI=1S/C12H15NO7S/c14-6-8-7-20-4-3-13(8)21(18,19)9-1-2-11(15)10(5-9)12(16)17/h1-2,5,8,14-15H,3-4,6-7H2,(H,16,17). The van der Waals surface area contributed by atoms with Gasteiger partial charge in [0.15, 0.2) is 0 Å². The molecule has 1 aliphatic heterocycles. The van der Waals surface area contributed by atoms with Gasteiger partial charge in [-0.3, -0.25) is 0 Å². The van der Waals surface area contributed by atoms with Crippen LogP contribution in [-0.4, -0.2) is 66.4 Å². The molecule has 8 nitrogen and oxygen atoms in total. The summed E-state index contributed by atoms with van der Waals surface area (Å²) < 4.78 is 31.2. The predicted octanol–water partition coefficient (Wildman–Crippen LogP) is -0.528. The van der Waals surface area contributed by atoms with Crippen molar-refractivity contribution in [2.75, 3.05) is 26.4 Å². The van der Waals surface area contributed by atoms with Crippen LogP contribution in [0.15, 0.2) is 23.1 Å². The number of aromatic hydroxyl groups is 1.